The zero-order chi connectivity index (χ0) is 15.5. The number of rotatable bonds is 4. The molecule has 4 rings (SSSR count). The first-order valence-electron chi connectivity index (χ1n) is 8.28. The number of para-hydroxylation sites is 2. The van der Waals surface area contributed by atoms with E-state index in [0.29, 0.717) is 6.04 Å². The van der Waals surface area contributed by atoms with Gasteiger partial charge >= 0.3 is 0 Å². The molecule has 23 heavy (non-hydrogen) atoms. The second kappa shape index (κ2) is 6.93. The van der Waals surface area contributed by atoms with Gasteiger partial charge in [0.25, 0.3) is 0 Å². The van der Waals surface area contributed by atoms with Gasteiger partial charge in [0, 0.05) is 23.7 Å². The van der Waals surface area contributed by atoms with E-state index in [2.05, 4.69) is 58.9 Å². The summed E-state index contributed by atoms with van der Waals surface area (Å²) in [4.78, 5) is 4.81. The number of hydrogen-bond donors (Lipinski definition) is 0. The van der Waals surface area contributed by atoms with E-state index in [4.69, 9.17) is 4.98 Å². The summed E-state index contributed by atoms with van der Waals surface area (Å²) < 4.78 is 4.91. The maximum Gasteiger partial charge on any atom is 0.171 e. The van der Waals surface area contributed by atoms with E-state index in [1.54, 1.807) is 11.3 Å². The number of hydrogen-bond acceptors (Lipinski definition) is 4. The summed E-state index contributed by atoms with van der Waals surface area (Å²) in [6.07, 6.45) is 6.63. The molecule has 118 valence electrons. The fraction of sp³-hybridized carbons (Fsp3) is 0.316. The van der Waals surface area contributed by atoms with Crippen molar-refractivity contribution in [3.05, 3.63) is 54.6 Å². The van der Waals surface area contributed by atoms with Crippen LogP contribution >= 0.6 is 23.3 Å². The van der Waals surface area contributed by atoms with Gasteiger partial charge in [-0.1, -0.05) is 49.6 Å². The molecular weight excluding hydrogens is 320 g/mol. The Labute approximate surface area is 145 Å². The Bertz CT molecular complexity index is 730. The molecule has 0 bridgehead atoms. The Morgan fingerprint density at radius 2 is 1.65 bits per heavy atom. The molecule has 2 aromatic carbocycles. The van der Waals surface area contributed by atoms with Gasteiger partial charge in [0.05, 0.1) is 10.2 Å². The van der Waals surface area contributed by atoms with Crippen LogP contribution in [0.1, 0.15) is 32.1 Å². The first kappa shape index (κ1) is 15.0. The SMILES string of the molecule is c1ccc(N(Sc2nc3ccccc3s2)C2CCCCC2)cc1. The second-order valence-corrected chi connectivity index (χ2v) is 8.24. The van der Waals surface area contributed by atoms with Crippen LogP contribution < -0.4 is 4.31 Å². The highest BCUT2D eigenvalue weighted by Crippen LogP contribution is 2.38. The molecule has 0 atom stereocenters. The molecule has 1 aliphatic rings. The van der Waals surface area contributed by atoms with Gasteiger partial charge in [-0.25, -0.2) is 4.98 Å². The molecule has 0 saturated heterocycles. The van der Waals surface area contributed by atoms with Gasteiger partial charge in [0.15, 0.2) is 4.34 Å². The minimum atomic E-state index is 0.614. The molecule has 0 radical (unpaired) electrons. The lowest BCUT2D eigenvalue weighted by Gasteiger charge is -2.34. The van der Waals surface area contributed by atoms with Gasteiger partial charge in [-0.05, 0) is 37.1 Å². The fourth-order valence-electron chi connectivity index (χ4n) is 3.20. The molecule has 1 saturated carbocycles. The lowest BCUT2D eigenvalue weighted by Crippen LogP contribution is -2.31. The van der Waals surface area contributed by atoms with E-state index in [0.717, 1.165) is 9.86 Å². The van der Waals surface area contributed by atoms with Gasteiger partial charge < -0.3 is 4.31 Å². The molecule has 0 N–H and O–H groups in total. The van der Waals surface area contributed by atoms with Gasteiger partial charge in [-0.15, -0.1) is 11.3 Å². The van der Waals surface area contributed by atoms with Crippen LogP contribution in [0.5, 0.6) is 0 Å². The van der Waals surface area contributed by atoms with Crippen LogP contribution in [0.15, 0.2) is 58.9 Å². The molecular formula is C19H20N2S2. The van der Waals surface area contributed by atoms with Crippen molar-refractivity contribution >= 4 is 39.2 Å². The van der Waals surface area contributed by atoms with E-state index in [1.807, 2.05) is 11.9 Å². The third kappa shape index (κ3) is 3.38. The normalized spacial score (nSPS) is 15.8. The van der Waals surface area contributed by atoms with Crippen molar-refractivity contribution in [2.45, 2.75) is 42.5 Å². The summed E-state index contributed by atoms with van der Waals surface area (Å²) >= 11 is 3.61. The van der Waals surface area contributed by atoms with Crippen LogP contribution in [0.25, 0.3) is 10.2 Å². The second-order valence-electron chi connectivity index (χ2n) is 5.99. The van der Waals surface area contributed by atoms with Crippen molar-refractivity contribution in [3.8, 4) is 0 Å². The largest absolute Gasteiger partial charge is 0.307 e. The number of aromatic nitrogens is 1. The minimum absolute atomic E-state index is 0.614. The van der Waals surface area contributed by atoms with Crippen LogP contribution in [0.2, 0.25) is 0 Å². The predicted molar refractivity (Wildman–Crippen MR) is 101 cm³/mol. The van der Waals surface area contributed by atoms with Gasteiger partial charge in [0.2, 0.25) is 0 Å². The highest BCUT2D eigenvalue weighted by molar-refractivity contribution is 8.02. The molecule has 1 fully saturated rings. The van der Waals surface area contributed by atoms with Crippen LogP contribution in [0.3, 0.4) is 0 Å². The summed E-state index contributed by atoms with van der Waals surface area (Å²) in [7, 11) is 0. The number of benzene rings is 2. The Kier molecular flexibility index (Phi) is 4.53. The lowest BCUT2D eigenvalue weighted by atomic mass is 9.95. The van der Waals surface area contributed by atoms with Gasteiger partial charge in [-0.3, -0.25) is 0 Å². The molecule has 3 aromatic rings. The quantitative estimate of drug-likeness (QED) is 0.530. The predicted octanol–water partition coefficient (Wildman–Crippen LogP) is 6.14. The zero-order valence-corrected chi connectivity index (χ0v) is 14.7. The number of nitrogens with zero attached hydrogens (tertiary/aromatic N) is 2. The Morgan fingerprint density at radius 1 is 0.913 bits per heavy atom. The smallest absolute Gasteiger partial charge is 0.171 e. The monoisotopic (exact) mass is 340 g/mol. The highest BCUT2D eigenvalue weighted by atomic mass is 32.2. The fourth-order valence-corrected chi connectivity index (χ4v) is 5.45. The molecule has 4 heteroatoms. The molecule has 1 aromatic heterocycles. The molecule has 0 aliphatic heterocycles. The summed E-state index contributed by atoms with van der Waals surface area (Å²) in [5.41, 5.74) is 2.40. The maximum atomic E-state index is 4.81. The van der Waals surface area contributed by atoms with E-state index in [-0.39, 0.29) is 0 Å². The summed E-state index contributed by atoms with van der Waals surface area (Å²) in [5.74, 6) is 0. The standard InChI is InChI=1S/C19H20N2S2/c1-3-9-15(10-4-1)21(16-11-5-2-6-12-16)23-19-20-17-13-7-8-14-18(17)22-19/h1,3-4,7-10,13-14,16H,2,5-6,11-12H2. The van der Waals surface area contributed by atoms with Gasteiger partial charge in [-0.2, -0.15) is 0 Å². The van der Waals surface area contributed by atoms with Crippen molar-refractivity contribution in [1.82, 2.24) is 4.98 Å². The number of fused-ring (bicyclic) bond motifs is 1. The average molecular weight is 341 g/mol. The van der Waals surface area contributed by atoms with Crippen molar-refractivity contribution in [3.63, 3.8) is 0 Å². The number of thiazole rings is 1. The van der Waals surface area contributed by atoms with E-state index >= 15 is 0 Å². The van der Waals surface area contributed by atoms with Crippen molar-refractivity contribution < 1.29 is 0 Å². The maximum absolute atomic E-state index is 4.81. The Balaban J connectivity index is 1.64. The van der Waals surface area contributed by atoms with Crippen molar-refractivity contribution in [1.29, 1.82) is 0 Å². The minimum Gasteiger partial charge on any atom is -0.307 e. The molecule has 1 heterocycles. The Hall–Kier alpha value is -1.52. The van der Waals surface area contributed by atoms with Crippen LogP contribution in [-0.4, -0.2) is 11.0 Å². The molecule has 0 unspecified atom stereocenters. The molecule has 1 aliphatic carbocycles. The molecule has 0 spiro atoms. The summed E-state index contributed by atoms with van der Waals surface area (Å²) in [6.45, 7) is 0. The van der Waals surface area contributed by atoms with Crippen molar-refractivity contribution in [2.75, 3.05) is 4.31 Å². The van der Waals surface area contributed by atoms with Crippen LogP contribution in [0, 0.1) is 0 Å². The average Bonchev–Trinajstić information content (AvgIpc) is 3.04. The zero-order valence-electron chi connectivity index (χ0n) is 13.0. The topological polar surface area (TPSA) is 16.1 Å². The van der Waals surface area contributed by atoms with Gasteiger partial charge in [0.1, 0.15) is 0 Å². The Morgan fingerprint density at radius 3 is 2.43 bits per heavy atom. The van der Waals surface area contributed by atoms with E-state index in [1.165, 1.54) is 42.5 Å². The first-order chi connectivity index (χ1) is 11.4. The van der Waals surface area contributed by atoms with E-state index < -0.39 is 0 Å². The molecule has 0 amide bonds. The van der Waals surface area contributed by atoms with Crippen LogP contribution in [-0.2, 0) is 0 Å². The van der Waals surface area contributed by atoms with Crippen LogP contribution in [0.4, 0.5) is 5.69 Å². The summed E-state index contributed by atoms with van der Waals surface area (Å²) in [5, 5.41) is 0. The molecule has 2 nitrogen and oxygen atoms in total. The number of anilines is 1. The third-order valence-electron chi connectivity index (χ3n) is 4.37. The lowest BCUT2D eigenvalue weighted by molar-refractivity contribution is 0.446. The van der Waals surface area contributed by atoms with Crippen molar-refractivity contribution in [2.24, 2.45) is 0 Å². The highest BCUT2D eigenvalue weighted by Gasteiger charge is 2.23. The van der Waals surface area contributed by atoms with E-state index in [9.17, 15) is 0 Å². The first-order valence-corrected chi connectivity index (χ1v) is 9.87. The summed E-state index contributed by atoms with van der Waals surface area (Å²) in [6, 6.07) is 19.8. The third-order valence-corrected chi connectivity index (χ3v) is 6.63.